The summed E-state index contributed by atoms with van der Waals surface area (Å²) in [7, 11) is 0. The Morgan fingerprint density at radius 2 is 1.90 bits per heavy atom. The van der Waals surface area contributed by atoms with E-state index in [2.05, 4.69) is 16.7 Å². The van der Waals surface area contributed by atoms with Crippen LogP contribution in [0, 0.1) is 16.7 Å². The molecule has 1 fully saturated rings. The normalized spacial score (nSPS) is 20.9. The van der Waals surface area contributed by atoms with Crippen LogP contribution < -0.4 is 10.6 Å². The number of rotatable bonds is 0. The lowest BCUT2D eigenvalue weighted by atomic mass is 9.79. The maximum Gasteiger partial charge on any atom is 0.232 e. The van der Waals surface area contributed by atoms with E-state index in [4.69, 9.17) is 0 Å². The Morgan fingerprint density at radius 1 is 1.15 bits per heavy atom. The second kappa shape index (κ2) is 5.16. The molecule has 0 unspecified atom stereocenters. The van der Waals surface area contributed by atoms with E-state index in [0.29, 0.717) is 17.8 Å². The van der Waals surface area contributed by atoms with Gasteiger partial charge in [0, 0.05) is 6.54 Å². The highest BCUT2D eigenvalue weighted by atomic mass is 16.2. The first kappa shape index (κ1) is 13.0. The average molecular weight is 269 g/mol. The number of benzene rings is 1. The fraction of sp³-hybridized carbons (Fsp3) is 0.500. The fourth-order valence-electron chi connectivity index (χ4n) is 3.33. The van der Waals surface area contributed by atoms with Gasteiger partial charge in [-0.2, -0.15) is 5.26 Å². The summed E-state index contributed by atoms with van der Waals surface area (Å²) < 4.78 is 0. The van der Waals surface area contributed by atoms with Gasteiger partial charge < -0.3 is 10.6 Å². The average Bonchev–Trinajstić information content (AvgIpc) is 2.79. The number of nitriles is 1. The molecule has 1 aromatic rings. The van der Waals surface area contributed by atoms with Crippen LogP contribution in [0.25, 0.3) is 0 Å². The molecule has 104 valence electrons. The minimum absolute atomic E-state index is 0.0772. The van der Waals surface area contributed by atoms with E-state index in [1.807, 2.05) is 12.1 Å². The zero-order valence-electron chi connectivity index (χ0n) is 11.5. The topological polar surface area (TPSA) is 64.9 Å². The van der Waals surface area contributed by atoms with Crippen molar-refractivity contribution in [2.45, 2.75) is 38.5 Å². The summed E-state index contributed by atoms with van der Waals surface area (Å²) in [5, 5.41) is 15.6. The summed E-state index contributed by atoms with van der Waals surface area (Å²) in [6, 6.07) is 7.67. The number of anilines is 2. The molecule has 0 saturated heterocycles. The molecule has 1 heterocycles. The lowest BCUT2D eigenvalue weighted by Crippen LogP contribution is -2.39. The monoisotopic (exact) mass is 269 g/mol. The molecule has 4 heteroatoms. The summed E-state index contributed by atoms with van der Waals surface area (Å²) in [5.74, 6) is 0.0772. The van der Waals surface area contributed by atoms with Gasteiger partial charge in [0.25, 0.3) is 0 Å². The van der Waals surface area contributed by atoms with Crippen molar-refractivity contribution >= 4 is 17.3 Å². The number of hydrogen-bond acceptors (Lipinski definition) is 3. The molecule has 20 heavy (non-hydrogen) atoms. The third kappa shape index (κ3) is 2.14. The number of carbonyl (C=O) groups is 1. The first-order valence-electron chi connectivity index (χ1n) is 7.34. The maximum atomic E-state index is 12.7. The van der Waals surface area contributed by atoms with Crippen LogP contribution >= 0.6 is 0 Å². The van der Waals surface area contributed by atoms with E-state index >= 15 is 0 Å². The lowest BCUT2D eigenvalue weighted by molar-refractivity contribution is -0.125. The molecule has 0 radical (unpaired) electrons. The molecule has 1 aliphatic heterocycles. The van der Waals surface area contributed by atoms with Crippen LogP contribution in [-0.4, -0.2) is 12.5 Å². The lowest BCUT2D eigenvalue weighted by Gasteiger charge is -2.29. The smallest absolute Gasteiger partial charge is 0.232 e. The number of nitrogens with zero attached hydrogens (tertiary/aromatic N) is 1. The molecule has 1 spiro atoms. The molecule has 4 nitrogen and oxygen atoms in total. The molecule has 1 saturated carbocycles. The minimum Gasteiger partial charge on any atom is -0.382 e. The number of carbonyl (C=O) groups excluding carboxylic acids is 1. The van der Waals surface area contributed by atoms with Gasteiger partial charge in [0.1, 0.15) is 6.07 Å². The predicted octanol–water partition coefficient (Wildman–Crippen LogP) is 3.26. The minimum atomic E-state index is -0.317. The first-order valence-corrected chi connectivity index (χ1v) is 7.34. The molecule has 1 aromatic carbocycles. The van der Waals surface area contributed by atoms with E-state index in [-0.39, 0.29) is 11.3 Å². The van der Waals surface area contributed by atoms with Crippen LogP contribution in [0.3, 0.4) is 0 Å². The molecule has 1 aliphatic carbocycles. The molecule has 2 aliphatic rings. The van der Waals surface area contributed by atoms with Crippen molar-refractivity contribution in [3.63, 3.8) is 0 Å². The maximum absolute atomic E-state index is 12.7. The van der Waals surface area contributed by atoms with Gasteiger partial charge in [-0.3, -0.25) is 4.79 Å². The van der Waals surface area contributed by atoms with E-state index in [1.54, 1.807) is 6.07 Å². The predicted molar refractivity (Wildman–Crippen MR) is 78.4 cm³/mol. The Balaban J connectivity index is 1.96. The standard InChI is InChI=1S/C16H19N3O/c17-10-12-6-5-7-13-14(12)19-15(20)16(11-18-13)8-3-1-2-4-9-16/h5-7,18H,1-4,8-9,11H2,(H,19,20). The highest BCUT2D eigenvalue weighted by molar-refractivity contribution is 6.01. The molecule has 3 rings (SSSR count). The molecule has 2 N–H and O–H groups in total. The van der Waals surface area contributed by atoms with Crippen molar-refractivity contribution in [2.24, 2.45) is 5.41 Å². The molecule has 0 aromatic heterocycles. The Bertz CT molecular complexity index is 566. The Morgan fingerprint density at radius 3 is 2.60 bits per heavy atom. The van der Waals surface area contributed by atoms with Gasteiger partial charge in [-0.05, 0) is 25.0 Å². The van der Waals surface area contributed by atoms with Gasteiger partial charge in [0.05, 0.1) is 22.4 Å². The Hall–Kier alpha value is -2.02. The van der Waals surface area contributed by atoms with Crippen molar-refractivity contribution < 1.29 is 4.79 Å². The second-order valence-electron chi connectivity index (χ2n) is 5.84. The van der Waals surface area contributed by atoms with Gasteiger partial charge >= 0.3 is 0 Å². The van der Waals surface area contributed by atoms with E-state index in [1.165, 1.54) is 12.8 Å². The molecule has 0 atom stereocenters. The number of nitrogens with one attached hydrogen (secondary N) is 2. The number of para-hydroxylation sites is 1. The van der Waals surface area contributed by atoms with E-state index < -0.39 is 0 Å². The zero-order valence-corrected chi connectivity index (χ0v) is 11.5. The van der Waals surface area contributed by atoms with Crippen molar-refractivity contribution in [3.05, 3.63) is 23.8 Å². The van der Waals surface area contributed by atoms with Crippen molar-refractivity contribution in [2.75, 3.05) is 17.2 Å². The SMILES string of the molecule is N#Cc1cccc2c1NC(=O)C1(CCCCCC1)CN2. The number of hydrogen-bond donors (Lipinski definition) is 2. The fourth-order valence-corrected chi connectivity index (χ4v) is 3.33. The summed E-state index contributed by atoms with van der Waals surface area (Å²) >= 11 is 0. The van der Waals surface area contributed by atoms with E-state index in [0.717, 1.165) is 31.4 Å². The van der Waals surface area contributed by atoms with Crippen LogP contribution in [0.2, 0.25) is 0 Å². The third-order valence-electron chi connectivity index (χ3n) is 4.58. The van der Waals surface area contributed by atoms with Gasteiger partial charge in [0.2, 0.25) is 5.91 Å². The molecule has 1 amide bonds. The highest BCUT2D eigenvalue weighted by Crippen LogP contribution is 2.40. The van der Waals surface area contributed by atoms with Crippen molar-refractivity contribution in [1.29, 1.82) is 5.26 Å². The van der Waals surface area contributed by atoms with Gasteiger partial charge in [-0.25, -0.2) is 0 Å². The Labute approximate surface area is 119 Å². The second-order valence-corrected chi connectivity index (χ2v) is 5.84. The van der Waals surface area contributed by atoms with E-state index in [9.17, 15) is 10.1 Å². The van der Waals surface area contributed by atoms with Gasteiger partial charge in [0.15, 0.2) is 0 Å². The van der Waals surface area contributed by atoms with Gasteiger partial charge in [-0.15, -0.1) is 0 Å². The highest BCUT2D eigenvalue weighted by Gasteiger charge is 2.40. The summed E-state index contributed by atoms with van der Waals surface area (Å²) in [6.45, 7) is 0.667. The van der Waals surface area contributed by atoms with Crippen molar-refractivity contribution in [1.82, 2.24) is 0 Å². The van der Waals surface area contributed by atoms with Crippen LogP contribution in [0.1, 0.15) is 44.1 Å². The largest absolute Gasteiger partial charge is 0.382 e. The van der Waals surface area contributed by atoms with Crippen LogP contribution in [0.4, 0.5) is 11.4 Å². The summed E-state index contributed by atoms with van der Waals surface area (Å²) in [6.07, 6.45) is 6.51. The number of fused-ring (bicyclic) bond motifs is 1. The first-order chi connectivity index (χ1) is 9.75. The quantitative estimate of drug-likeness (QED) is 0.759. The zero-order chi connectivity index (χ0) is 14.0. The van der Waals surface area contributed by atoms with Crippen LogP contribution in [0.5, 0.6) is 0 Å². The summed E-state index contributed by atoms with van der Waals surface area (Å²) in [4.78, 5) is 12.7. The number of amides is 1. The third-order valence-corrected chi connectivity index (χ3v) is 4.58. The molecular formula is C16H19N3O. The summed E-state index contributed by atoms with van der Waals surface area (Å²) in [5.41, 5.74) is 1.70. The Kier molecular flexibility index (Phi) is 3.35. The van der Waals surface area contributed by atoms with Crippen LogP contribution in [0.15, 0.2) is 18.2 Å². The molecular weight excluding hydrogens is 250 g/mol. The van der Waals surface area contributed by atoms with Crippen molar-refractivity contribution in [3.8, 4) is 6.07 Å². The van der Waals surface area contributed by atoms with Crippen LogP contribution in [-0.2, 0) is 4.79 Å². The van der Waals surface area contributed by atoms with Gasteiger partial charge in [-0.1, -0.05) is 31.7 Å². The molecule has 0 bridgehead atoms.